The molecule has 1 heterocycles. The second-order valence-corrected chi connectivity index (χ2v) is 3.36. The molecule has 5 heteroatoms. The summed E-state index contributed by atoms with van der Waals surface area (Å²) in [6.45, 7) is 0. The lowest BCUT2D eigenvalue weighted by atomic mass is 10.0. The van der Waals surface area contributed by atoms with Crippen LogP contribution in [0.4, 0.5) is 0 Å². The predicted octanol–water partition coefficient (Wildman–Crippen LogP) is 0.676. The minimum absolute atomic E-state index is 0.287. The minimum Gasteiger partial charge on any atom is -0.503 e. The van der Waals surface area contributed by atoms with Gasteiger partial charge in [-0.2, -0.15) is 5.26 Å². The summed E-state index contributed by atoms with van der Waals surface area (Å²) in [6.07, 6.45) is 1.42. The molecule has 1 aliphatic rings. The van der Waals surface area contributed by atoms with Crippen LogP contribution in [0.15, 0.2) is 36.1 Å². The summed E-state index contributed by atoms with van der Waals surface area (Å²) in [5.41, 5.74) is 6.49. The number of nitrogens with zero attached hydrogens (tertiary/aromatic N) is 1. The number of amides is 1. The minimum atomic E-state index is -0.551. The molecule has 0 aliphatic carbocycles. The Bertz CT molecular complexity index is 485. The van der Waals surface area contributed by atoms with E-state index in [2.05, 4.69) is 10.9 Å². The Morgan fingerprint density at radius 3 is 2.56 bits per heavy atom. The van der Waals surface area contributed by atoms with E-state index in [1.807, 2.05) is 6.07 Å². The average Bonchev–Trinajstić information content (AvgIpc) is 2.33. The standard InChI is InChI=1S/C11H9N3O2/c12-6-7-1-3-8(4-2-7)9-5-10(15)11(16)14-13-9/h1-5,9,13,15H,(H,14,16). The number of nitriles is 1. The summed E-state index contributed by atoms with van der Waals surface area (Å²) in [7, 11) is 0. The fourth-order valence-corrected chi connectivity index (χ4v) is 1.43. The van der Waals surface area contributed by atoms with E-state index in [4.69, 9.17) is 5.26 Å². The van der Waals surface area contributed by atoms with Gasteiger partial charge in [0.1, 0.15) is 0 Å². The highest BCUT2D eigenvalue weighted by molar-refractivity contribution is 5.91. The van der Waals surface area contributed by atoms with E-state index in [1.165, 1.54) is 6.08 Å². The number of carbonyl (C=O) groups is 1. The second-order valence-electron chi connectivity index (χ2n) is 3.36. The van der Waals surface area contributed by atoms with Gasteiger partial charge < -0.3 is 5.11 Å². The highest BCUT2D eigenvalue weighted by Crippen LogP contribution is 2.17. The second kappa shape index (κ2) is 4.04. The largest absolute Gasteiger partial charge is 0.503 e. The number of hydrogen-bond donors (Lipinski definition) is 3. The van der Waals surface area contributed by atoms with E-state index >= 15 is 0 Å². The maximum absolute atomic E-state index is 10.9. The van der Waals surface area contributed by atoms with Crippen LogP contribution in [-0.2, 0) is 4.79 Å². The van der Waals surface area contributed by atoms with Gasteiger partial charge in [0.25, 0.3) is 5.91 Å². The maximum atomic E-state index is 10.9. The molecule has 1 amide bonds. The van der Waals surface area contributed by atoms with E-state index in [-0.39, 0.29) is 11.8 Å². The number of benzene rings is 1. The van der Waals surface area contributed by atoms with Crippen molar-refractivity contribution in [3.05, 3.63) is 47.2 Å². The summed E-state index contributed by atoms with van der Waals surface area (Å²) in [6, 6.07) is 8.61. The molecule has 3 N–H and O–H groups in total. The molecule has 0 aromatic heterocycles. The van der Waals surface area contributed by atoms with Crippen LogP contribution in [0.5, 0.6) is 0 Å². The Labute approximate surface area is 92.0 Å². The van der Waals surface area contributed by atoms with Crippen LogP contribution in [0.25, 0.3) is 0 Å². The van der Waals surface area contributed by atoms with Crippen molar-refractivity contribution in [3.63, 3.8) is 0 Å². The normalized spacial score (nSPS) is 19.6. The first-order valence-corrected chi connectivity index (χ1v) is 4.67. The van der Waals surface area contributed by atoms with Gasteiger partial charge in [0.2, 0.25) is 0 Å². The van der Waals surface area contributed by atoms with Gasteiger partial charge in [0.15, 0.2) is 5.76 Å². The van der Waals surface area contributed by atoms with Crippen molar-refractivity contribution < 1.29 is 9.90 Å². The van der Waals surface area contributed by atoms with E-state index < -0.39 is 5.91 Å². The Balaban J connectivity index is 2.25. The lowest BCUT2D eigenvalue weighted by Crippen LogP contribution is -2.44. The number of aliphatic hydroxyl groups excluding tert-OH is 1. The van der Waals surface area contributed by atoms with Crippen molar-refractivity contribution in [2.45, 2.75) is 6.04 Å². The summed E-state index contributed by atoms with van der Waals surface area (Å²) in [5, 5.41) is 17.9. The first kappa shape index (κ1) is 10.2. The van der Waals surface area contributed by atoms with Crippen molar-refractivity contribution in [1.82, 2.24) is 10.9 Å². The smallest absolute Gasteiger partial charge is 0.299 e. The number of nitrogens with one attached hydrogen (secondary N) is 2. The van der Waals surface area contributed by atoms with Crippen LogP contribution in [-0.4, -0.2) is 11.0 Å². The summed E-state index contributed by atoms with van der Waals surface area (Å²) < 4.78 is 0. The van der Waals surface area contributed by atoms with Gasteiger partial charge in [-0.1, -0.05) is 12.1 Å². The van der Waals surface area contributed by atoms with Crippen molar-refractivity contribution in [1.29, 1.82) is 5.26 Å². The molecular weight excluding hydrogens is 206 g/mol. The zero-order valence-electron chi connectivity index (χ0n) is 8.27. The van der Waals surface area contributed by atoms with E-state index in [0.29, 0.717) is 5.56 Å². The molecule has 2 rings (SSSR count). The fourth-order valence-electron chi connectivity index (χ4n) is 1.43. The van der Waals surface area contributed by atoms with E-state index in [0.717, 1.165) is 5.56 Å². The van der Waals surface area contributed by atoms with Gasteiger partial charge in [0.05, 0.1) is 17.7 Å². The van der Waals surface area contributed by atoms with Gasteiger partial charge in [-0.05, 0) is 23.8 Å². The summed E-state index contributed by atoms with van der Waals surface area (Å²) in [5.74, 6) is -0.863. The van der Waals surface area contributed by atoms with E-state index in [1.54, 1.807) is 24.3 Å². The van der Waals surface area contributed by atoms with Crippen LogP contribution in [0.2, 0.25) is 0 Å². The molecule has 0 fully saturated rings. The average molecular weight is 215 g/mol. The Hall–Kier alpha value is -2.32. The lowest BCUT2D eigenvalue weighted by Gasteiger charge is -2.20. The Morgan fingerprint density at radius 1 is 1.31 bits per heavy atom. The van der Waals surface area contributed by atoms with Crippen molar-refractivity contribution in [2.75, 3.05) is 0 Å². The number of aliphatic hydroxyl groups is 1. The molecule has 1 aromatic rings. The van der Waals surface area contributed by atoms with E-state index in [9.17, 15) is 9.90 Å². The van der Waals surface area contributed by atoms with Gasteiger partial charge in [-0.3, -0.25) is 10.2 Å². The van der Waals surface area contributed by atoms with Crippen LogP contribution in [0.1, 0.15) is 17.2 Å². The Kier molecular flexibility index (Phi) is 2.58. The van der Waals surface area contributed by atoms with Crippen LogP contribution < -0.4 is 10.9 Å². The zero-order chi connectivity index (χ0) is 11.5. The SMILES string of the molecule is N#Cc1ccc(C2C=C(O)C(=O)NN2)cc1. The molecule has 0 saturated heterocycles. The predicted molar refractivity (Wildman–Crippen MR) is 55.9 cm³/mol. The Morgan fingerprint density at radius 2 is 2.00 bits per heavy atom. The third-order valence-electron chi connectivity index (χ3n) is 2.30. The molecule has 0 saturated carbocycles. The van der Waals surface area contributed by atoms with Gasteiger partial charge in [-0.15, -0.1) is 0 Å². The van der Waals surface area contributed by atoms with Crippen LogP contribution in [0.3, 0.4) is 0 Å². The van der Waals surface area contributed by atoms with Crippen LogP contribution in [0, 0.1) is 11.3 Å². The fraction of sp³-hybridized carbons (Fsp3) is 0.0909. The molecule has 1 unspecified atom stereocenters. The molecule has 16 heavy (non-hydrogen) atoms. The third-order valence-corrected chi connectivity index (χ3v) is 2.30. The number of hydrogen-bond acceptors (Lipinski definition) is 4. The number of rotatable bonds is 1. The topological polar surface area (TPSA) is 85.1 Å². The quantitative estimate of drug-likeness (QED) is 0.643. The van der Waals surface area contributed by atoms with Crippen molar-refractivity contribution in [2.24, 2.45) is 0 Å². The third kappa shape index (κ3) is 1.87. The zero-order valence-corrected chi connectivity index (χ0v) is 8.27. The highest BCUT2D eigenvalue weighted by Gasteiger charge is 2.19. The van der Waals surface area contributed by atoms with Crippen molar-refractivity contribution >= 4 is 5.91 Å². The van der Waals surface area contributed by atoms with Gasteiger partial charge in [0, 0.05) is 0 Å². The van der Waals surface area contributed by atoms with Crippen LogP contribution >= 0.6 is 0 Å². The molecule has 0 spiro atoms. The lowest BCUT2D eigenvalue weighted by molar-refractivity contribution is -0.121. The molecule has 0 radical (unpaired) electrons. The van der Waals surface area contributed by atoms with Crippen molar-refractivity contribution in [3.8, 4) is 6.07 Å². The molecule has 80 valence electrons. The number of carbonyl (C=O) groups excluding carboxylic acids is 1. The van der Waals surface area contributed by atoms with Gasteiger partial charge >= 0.3 is 0 Å². The molecule has 1 aliphatic heterocycles. The molecule has 1 atom stereocenters. The monoisotopic (exact) mass is 215 g/mol. The molecular formula is C11H9N3O2. The molecule has 1 aromatic carbocycles. The number of hydrazine groups is 1. The summed E-state index contributed by atoms with van der Waals surface area (Å²) >= 11 is 0. The molecule has 0 bridgehead atoms. The first-order chi connectivity index (χ1) is 7.70. The maximum Gasteiger partial charge on any atom is 0.299 e. The molecule has 5 nitrogen and oxygen atoms in total. The first-order valence-electron chi connectivity index (χ1n) is 4.67. The summed E-state index contributed by atoms with van der Waals surface area (Å²) in [4.78, 5) is 10.9. The van der Waals surface area contributed by atoms with Gasteiger partial charge in [-0.25, -0.2) is 5.43 Å². The highest BCUT2D eigenvalue weighted by atomic mass is 16.3.